The van der Waals surface area contributed by atoms with Crippen molar-refractivity contribution in [2.24, 2.45) is 0 Å². The Kier molecular flexibility index (Phi) is 5.95. The summed E-state index contributed by atoms with van der Waals surface area (Å²) in [7, 11) is 0. The van der Waals surface area contributed by atoms with Gasteiger partial charge in [0.2, 0.25) is 0 Å². The molecular formula is C26H21N3O3S. The highest BCUT2D eigenvalue weighted by Crippen LogP contribution is 2.36. The Morgan fingerprint density at radius 3 is 2.24 bits per heavy atom. The Morgan fingerprint density at radius 2 is 1.58 bits per heavy atom. The maximum Gasteiger partial charge on any atom is 0.312 e. The minimum atomic E-state index is -0.488. The molecule has 164 valence electrons. The number of fused-ring (bicyclic) bond motifs is 2. The summed E-state index contributed by atoms with van der Waals surface area (Å²) in [4.78, 5) is 36.1. The number of amides is 1. The molecule has 0 bridgehead atoms. The Balaban J connectivity index is 1.29. The monoisotopic (exact) mass is 455 g/mol. The standard InChI is InChI=1S/C26H21N3O3S/c30-24(16-32-25(31)15-20-17-33-26(28-20)21-9-5-6-14-27-21)29-22-10-3-1-7-18(22)12-13-19-8-2-4-11-23(19)29/h1-11,14,17H,12-13,15-16H2. The molecule has 5 rings (SSSR count). The second-order valence-corrected chi connectivity index (χ2v) is 8.54. The molecule has 0 fully saturated rings. The molecule has 0 saturated carbocycles. The Labute approximate surface area is 195 Å². The third kappa shape index (κ3) is 4.54. The van der Waals surface area contributed by atoms with Crippen molar-refractivity contribution in [2.75, 3.05) is 11.5 Å². The lowest BCUT2D eigenvalue weighted by Gasteiger charge is -2.24. The number of anilines is 2. The van der Waals surface area contributed by atoms with Crippen LogP contribution in [0.2, 0.25) is 0 Å². The predicted molar refractivity (Wildman–Crippen MR) is 127 cm³/mol. The first-order valence-corrected chi connectivity index (χ1v) is 11.6. The predicted octanol–water partition coefficient (Wildman–Crippen LogP) is 4.75. The van der Waals surface area contributed by atoms with E-state index >= 15 is 0 Å². The quantitative estimate of drug-likeness (QED) is 0.406. The van der Waals surface area contributed by atoms with Crippen molar-refractivity contribution in [3.63, 3.8) is 0 Å². The third-order valence-electron chi connectivity index (χ3n) is 5.50. The molecule has 1 amide bonds. The number of hydrogen-bond donors (Lipinski definition) is 0. The number of aromatic nitrogens is 2. The number of thiazole rings is 1. The van der Waals surface area contributed by atoms with Gasteiger partial charge in [0.15, 0.2) is 6.61 Å². The molecule has 0 N–H and O–H groups in total. The zero-order valence-corrected chi connectivity index (χ0v) is 18.6. The van der Waals surface area contributed by atoms with Crippen molar-refractivity contribution in [3.8, 4) is 10.7 Å². The van der Waals surface area contributed by atoms with Crippen LogP contribution in [0.3, 0.4) is 0 Å². The molecule has 1 aliphatic heterocycles. The van der Waals surface area contributed by atoms with Crippen LogP contribution in [-0.2, 0) is 33.6 Å². The van der Waals surface area contributed by atoms with Gasteiger partial charge in [0.1, 0.15) is 5.01 Å². The highest BCUT2D eigenvalue weighted by Gasteiger charge is 2.26. The van der Waals surface area contributed by atoms with E-state index in [1.807, 2.05) is 72.1 Å². The first-order valence-electron chi connectivity index (χ1n) is 10.7. The van der Waals surface area contributed by atoms with E-state index in [1.165, 1.54) is 11.3 Å². The van der Waals surface area contributed by atoms with Gasteiger partial charge >= 0.3 is 5.97 Å². The minimum Gasteiger partial charge on any atom is -0.455 e. The average molecular weight is 456 g/mol. The second-order valence-electron chi connectivity index (χ2n) is 7.68. The average Bonchev–Trinajstić information content (AvgIpc) is 3.24. The molecule has 0 atom stereocenters. The summed E-state index contributed by atoms with van der Waals surface area (Å²) in [6.45, 7) is -0.335. The van der Waals surface area contributed by atoms with E-state index in [2.05, 4.69) is 9.97 Å². The van der Waals surface area contributed by atoms with E-state index in [4.69, 9.17) is 4.74 Å². The molecule has 2 aromatic carbocycles. The SMILES string of the molecule is O=C(Cc1csc(-c2ccccn2)n1)OCC(=O)N1c2ccccc2CCc2ccccc21. The molecule has 2 aromatic heterocycles. The van der Waals surface area contributed by atoms with Crippen LogP contribution in [0.25, 0.3) is 10.7 Å². The number of carbonyl (C=O) groups is 2. The molecule has 0 aliphatic carbocycles. The fourth-order valence-electron chi connectivity index (χ4n) is 3.95. The first kappa shape index (κ1) is 21.0. The van der Waals surface area contributed by atoms with Crippen LogP contribution >= 0.6 is 11.3 Å². The molecule has 6 nitrogen and oxygen atoms in total. The lowest BCUT2D eigenvalue weighted by molar-refractivity contribution is -0.147. The van der Waals surface area contributed by atoms with E-state index in [9.17, 15) is 9.59 Å². The van der Waals surface area contributed by atoms with E-state index in [0.29, 0.717) is 5.69 Å². The number of aryl methyl sites for hydroxylation is 2. The molecule has 0 unspecified atom stereocenters. The van der Waals surface area contributed by atoms with Crippen LogP contribution in [0.5, 0.6) is 0 Å². The molecule has 1 aliphatic rings. The fraction of sp³-hybridized carbons (Fsp3) is 0.154. The van der Waals surface area contributed by atoms with Crippen molar-refractivity contribution in [3.05, 3.63) is 95.1 Å². The van der Waals surface area contributed by atoms with Gasteiger partial charge in [-0.2, -0.15) is 0 Å². The van der Waals surface area contributed by atoms with Crippen LogP contribution in [0.1, 0.15) is 16.8 Å². The summed E-state index contributed by atoms with van der Waals surface area (Å²) in [5.74, 6) is -0.768. The van der Waals surface area contributed by atoms with Gasteiger partial charge in [0.05, 0.1) is 29.2 Å². The molecule has 0 saturated heterocycles. The summed E-state index contributed by atoms with van der Waals surface area (Å²) in [5.41, 5.74) is 5.22. The molecule has 0 spiro atoms. The number of hydrogen-bond acceptors (Lipinski definition) is 6. The lowest BCUT2D eigenvalue weighted by Crippen LogP contribution is -2.31. The Bertz CT molecular complexity index is 1260. The van der Waals surface area contributed by atoms with Gasteiger partial charge in [-0.25, -0.2) is 4.98 Å². The maximum atomic E-state index is 13.2. The van der Waals surface area contributed by atoms with E-state index < -0.39 is 5.97 Å². The topological polar surface area (TPSA) is 72.4 Å². The molecule has 0 radical (unpaired) electrons. The van der Waals surface area contributed by atoms with Crippen molar-refractivity contribution in [1.82, 2.24) is 9.97 Å². The van der Waals surface area contributed by atoms with Crippen LogP contribution < -0.4 is 4.90 Å². The van der Waals surface area contributed by atoms with E-state index in [1.54, 1.807) is 11.1 Å². The summed E-state index contributed by atoms with van der Waals surface area (Å²) >= 11 is 1.42. The first-order chi connectivity index (χ1) is 16.2. The zero-order valence-electron chi connectivity index (χ0n) is 17.8. The number of carbonyl (C=O) groups excluding carboxylic acids is 2. The number of para-hydroxylation sites is 2. The zero-order chi connectivity index (χ0) is 22.6. The highest BCUT2D eigenvalue weighted by atomic mass is 32.1. The van der Waals surface area contributed by atoms with Crippen LogP contribution in [-0.4, -0.2) is 28.5 Å². The van der Waals surface area contributed by atoms with Gasteiger partial charge in [-0.05, 0) is 48.2 Å². The third-order valence-corrected chi connectivity index (χ3v) is 6.41. The molecule has 3 heterocycles. The molecule has 33 heavy (non-hydrogen) atoms. The molecule has 7 heteroatoms. The van der Waals surface area contributed by atoms with Gasteiger partial charge in [-0.1, -0.05) is 42.5 Å². The van der Waals surface area contributed by atoms with Gasteiger partial charge in [0.25, 0.3) is 5.91 Å². The van der Waals surface area contributed by atoms with Gasteiger partial charge < -0.3 is 4.74 Å². The van der Waals surface area contributed by atoms with Gasteiger partial charge in [-0.15, -0.1) is 11.3 Å². The summed E-state index contributed by atoms with van der Waals surface area (Å²) < 4.78 is 5.37. The molecular weight excluding hydrogens is 434 g/mol. The van der Waals surface area contributed by atoms with Crippen molar-refractivity contribution in [2.45, 2.75) is 19.3 Å². The smallest absolute Gasteiger partial charge is 0.312 e. The number of pyridine rings is 1. The number of nitrogens with zero attached hydrogens (tertiary/aromatic N) is 3. The van der Waals surface area contributed by atoms with Crippen LogP contribution in [0.4, 0.5) is 11.4 Å². The number of ether oxygens (including phenoxy) is 1. The Morgan fingerprint density at radius 1 is 0.909 bits per heavy atom. The van der Waals surface area contributed by atoms with Crippen LogP contribution in [0.15, 0.2) is 78.3 Å². The summed E-state index contributed by atoms with van der Waals surface area (Å²) in [6, 6.07) is 21.3. The Hall–Kier alpha value is -3.84. The van der Waals surface area contributed by atoms with Crippen LogP contribution in [0, 0.1) is 0 Å². The van der Waals surface area contributed by atoms with Crippen molar-refractivity contribution in [1.29, 1.82) is 0 Å². The van der Waals surface area contributed by atoms with E-state index in [-0.39, 0.29) is 18.9 Å². The minimum absolute atomic E-state index is 0.00376. The van der Waals surface area contributed by atoms with Crippen molar-refractivity contribution >= 4 is 34.6 Å². The summed E-state index contributed by atoms with van der Waals surface area (Å²) in [5, 5.41) is 2.56. The fourth-order valence-corrected chi connectivity index (χ4v) is 4.74. The molecule has 4 aromatic rings. The summed E-state index contributed by atoms with van der Waals surface area (Å²) in [6.07, 6.45) is 3.40. The maximum absolute atomic E-state index is 13.2. The largest absolute Gasteiger partial charge is 0.455 e. The van der Waals surface area contributed by atoms with Gasteiger partial charge in [-0.3, -0.25) is 19.5 Å². The second kappa shape index (κ2) is 9.34. The lowest BCUT2D eigenvalue weighted by atomic mass is 10.0. The normalized spacial score (nSPS) is 12.4. The highest BCUT2D eigenvalue weighted by molar-refractivity contribution is 7.13. The van der Waals surface area contributed by atoms with Gasteiger partial charge in [0, 0.05) is 11.6 Å². The van der Waals surface area contributed by atoms with E-state index in [0.717, 1.165) is 46.0 Å². The number of esters is 1. The number of benzene rings is 2. The number of rotatable bonds is 5. The van der Waals surface area contributed by atoms with Crippen molar-refractivity contribution < 1.29 is 14.3 Å².